The summed E-state index contributed by atoms with van der Waals surface area (Å²) in [6, 6.07) is 7.50. The van der Waals surface area contributed by atoms with Crippen LogP contribution in [-0.4, -0.2) is 34.8 Å². The number of piperidine rings is 1. The van der Waals surface area contributed by atoms with Crippen molar-refractivity contribution in [2.75, 3.05) is 18.0 Å². The third kappa shape index (κ3) is 4.80. The molecule has 0 unspecified atom stereocenters. The smallest absolute Gasteiger partial charge is 0.283 e. The van der Waals surface area contributed by atoms with Crippen molar-refractivity contribution < 1.29 is 14.5 Å². The summed E-state index contributed by atoms with van der Waals surface area (Å²) in [6.07, 6.45) is 2.95. The fourth-order valence-electron chi connectivity index (χ4n) is 3.35. The van der Waals surface area contributed by atoms with Crippen molar-refractivity contribution in [3.8, 4) is 0 Å². The van der Waals surface area contributed by atoms with E-state index in [0.717, 1.165) is 11.6 Å². The molecular weight excluding hydrogens is 398 g/mol. The van der Waals surface area contributed by atoms with E-state index in [4.69, 9.17) is 17.3 Å². The molecule has 0 radical (unpaired) electrons. The van der Waals surface area contributed by atoms with Gasteiger partial charge in [-0.15, -0.1) is 0 Å². The van der Waals surface area contributed by atoms with Gasteiger partial charge in [0, 0.05) is 48.4 Å². The number of amides is 2. The largest absolute Gasteiger partial charge is 0.369 e. The zero-order chi connectivity index (χ0) is 21.0. The first kappa shape index (κ1) is 20.5. The molecule has 9 nitrogen and oxygen atoms in total. The molecule has 0 spiro atoms. The number of rotatable bonds is 6. The van der Waals surface area contributed by atoms with Gasteiger partial charge in [-0.2, -0.15) is 0 Å². The number of nitro benzene ring substituents is 1. The van der Waals surface area contributed by atoms with Crippen molar-refractivity contribution >= 4 is 34.9 Å². The summed E-state index contributed by atoms with van der Waals surface area (Å²) in [7, 11) is 0. The summed E-state index contributed by atoms with van der Waals surface area (Å²) >= 11 is 5.80. The standard InChI is InChI=1S/C19H20ClN5O4/c20-14-3-4-15(16(10-14)25(28)29)19(27)23-11-13-2-1-7-22-18(13)24-8-5-12(6-9-24)17(21)26/h1-4,7,10,12H,5-6,8-9,11H2,(H2,21,26)(H,23,27). The Kier molecular flexibility index (Phi) is 6.28. The molecule has 3 N–H and O–H groups in total. The monoisotopic (exact) mass is 417 g/mol. The van der Waals surface area contributed by atoms with Crippen molar-refractivity contribution in [3.63, 3.8) is 0 Å². The lowest BCUT2D eigenvalue weighted by Gasteiger charge is -2.32. The number of nitrogens with two attached hydrogens (primary N) is 1. The van der Waals surface area contributed by atoms with E-state index in [0.29, 0.717) is 31.7 Å². The fourth-order valence-corrected chi connectivity index (χ4v) is 3.51. The van der Waals surface area contributed by atoms with E-state index in [1.54, 1.807) is 12.3 Å². The third-order valence-electron chi connectivity index (χ3n) is 4.90. The van der Waals surface area contributed by atoms with Crippen molar-refractivity contribution in [1.82, 2.24) is 10.3 Å². The van der Waals surface area contributed by atoms with Gasteiger partial charge in [0.15, 0.2) is 0 Å². The molecule has 1 aromatic heterocycles. The van der Waals surface area contributed by atoms with Gasteiger partial charge in [0.25, 0.3) is 11.6 Å². The van der Waals surface area contributed by atoms with Gasteiger partial charge in [0.05, 0.1) is 4.92 Å². The van der Waals surface area contributed by atoms with E-state index in [-0.39, 0.29) is 34.6 Å². The lowest BCUT2D eigenvalue weighted by atomic mass is 9.96. The van der Waals surface area contributed by atoms with Gasteiger partial charge in [-0.25, -0.2) is 4.98 Å². The minimum atomic E-state index is -0.640. The first-order valence-electron chi connectivity index (χ1n) is 9.07. The Morgan fingerprint density at radius 1 is 1.31 bits per heavy atom. The maximum Gasteiger partial charge on any atom is 0.283 e. The molecule has 0 saturated carbocycles. The van der Waals surface area contributed by atoms with Crippen LogP contribution < -0.4 is 16.0 Å². The molecule has 1 aliphatic rings. The molecule has 3 rings (SSSR count). The van der Waals surface area contributed by atoms with E-state index < -0.39 is 10.8 Å². The Labute approximate surface area is 172 Å². The Morgan fingerprint density at radius 3 is 2.69 bits per heavy atom. The molecule has 2 aromatic rings. The highest BCUT2D eigenvalue weighted by molar-refractivity contribution is 6.31. The molecule has 10 heteroatoms. The number of hydrogen-bond donors (Lipinski definition) is 2. The van der Waals surface area contributed by atoms with Crippen LogP contribution in [0, 0.1) is 16.0 Å². The Balaban J connectivity index is 1.72. The van der Waals surface area contributed by atoms with Crippen LogP contribution in [0.2, 0.25) is 5.02 Å². The minimum absolute atomic E-state index is 0.0629. The van der Waals surface area contributed by atoms with E-state index in [9.17, 15) is 19.7 Å². The number of primary amides is 1. The summed E-state index contributed by atoms with van der Waals surface area (Å²) in [5.74, 6) is -0.289. The van der Waals surface area contributed by atoms with Crippen molar-refractivity contribution in [3.05, 3.63) is 62.8 Å². The zero-order valence-corrected chi connectivity index (χ0v) is 16.3. The van der Waals surface area contributed by atoms with Crippen LogP contribution in [0.1, 0.15) is 28.8 Å². The number of nitrogens with one attached hydrogen (secondary N) is 1. The molecule has 1 fully saturated rings. The molecule has 2 amide bonds. The zero-order valence-electron chi connectivity index (χ0n) is 15.5. The molecule has 1 aromatic carbocycles. The Bertz CT molecular complexity index is 944. The van der Waals surface area contributed by atoms with Crippen LogP contribution in [0.5, 0.6) is 0 Å². The second kappa shape index (κ2) is 8.87. The number of halogens is 1. The summed E-state index contributed by atoms with van der Waals surface area (Å²) in [4.78, 5) is 40.9. The van der Waals surface area contributed by atoms with Crippen LogP contribution >= 0.6 is 11.6 Å². The lowest BCUT2D eigenvalue weighted by molar-refractivity contribution is -0.385. The maximum absolute atomic E-state index is 12.5. The average molecular weight is 418 g/mol. The summed E-state index contributed by atoms with van der Waals surface area (Å²) in [6.45, 7) is 1.42. The Morgan fingerprint density at radius 2 is 2.03 bits per heavy atom. The molecule has 1 aliphatic heterocycles. The average Bonchev–Trinajstić information content (AvgIpc) is 2.72. The molecular formula is C19H20ClN5O4. The highest BCUT2D eigenvalue weighted by Gasteiger charge is 2.25. The van der Waals surface area contributed by atoms with E-state index >= 15 is 0 Å². The number of aromatic nitrogens is 1. The first-order chi connectivity index (χ1) is 13.9. The molecule has 29 heavy (non-hydrogen) atoms. The summed E-state index contributed by atoms with van der Waals surface area (Å²) < 4.78 is 0. The molecule has 152 valence electrons. The fraction of sp³-hybridized carbons (Fsp3) is 0.316. The van der Waals surface area contributed by atoms with Crippen LogP contribution in [0.15, 0.2) is 36.5 Å². The highest BCUT2D eigenvalue weighted by Crippen LogP contribution is 2.26. The molecule has 0 atom stereocenters. The second-order valence-corrected chi connectivity index (χ2v) is 7.19. The quantitative estimate of drug-likeness (QED) is 0.547. The predicted octanol–water partition coefficient (Wildman–Crippen LogP) is 2.27. The number of benzene rings is 1. The van der Waals surface area contributed by atoms with Crippen molar-refractivity contribution in [2.45, 2.75) is 19.4 Å². The van der Waals surface area contributed by atoms with E-state index in [1.807, 2.05) is 11.0 Å². The van der Waals surface area contributed by atoms with Crippen molar-refractivity contribution in [1.29, 1.82) is 0 Å². The lowest BCUT2D eigenvalue weighted by Crippen LogP contribution is -2.39. The third-order valence-corrected chi connectivity index (χ3v) is 5.14. The van der Waals surface area contributed by atoms with Gasteiger partial charge in [0.1, 0.15) is 11.4 Å². The van der Waals surface area contributed by atoms with Gasteiger partial charge < -0.3 is 16.0 Å². The topological polar surface area (TPSA) is 131 Å². The number of pyridine rings is 1. The summed E-state index contributed by atoms with van der Waals surface area (Å²) in [5, 5.41) is 14.1. The van der Waals surface area contributed by atoms with Crippen molar-refractivity contribution in [2.24, 2.45) is 11.7 Å². The van der Waals surface area contributed by atoms with Crippen LogP contribution in [0.4, 0.5) is 11.5 Å². The molecule has 0 bridgehead atoms. The maximum atomic E-state index is 12.5. The van der Waals surface area contributed by atoms with Gasteiger partial charge in [-0.1, -0.05) is 17.7 Å². The van der Waals surface area contributed by atoms with Gasteiger partial charge >= 0.3 is 0 Å². The molecule has 2 heterocycles. The number of nitrogens with zero attached hydrogens (tertiary/aromatic N) is 3. The van der Waals surface area contributed by atoms with E-state index in [1.165, 1.54) is 12.1 Å². The van der Waals surface area contributed by atoms with Crippen LogP contribution in [-0.2, 0) is 11.3 Å². The SMILES string of the molecule is NC(=O)C1CCN(c2ncccc2CNC(=O)c2ccc(Cl)cc2[N+](=O)[O-])CC1. The number of carbonyl (C=O) groups is 2. The Hall–Kier alpha value is -3.20. The number of carbonyl (C=O) groups excluding carboxylic acids is 2. The van der Waals surface area contributed by atoms with E-state index in [2.05, 4.69) is 10.3 Å². The van der Waals surface area contributed by atoms with Crippen LogP contribution in [0.3, 0.4) is 0 Å². The number of nitro groups is 1. The normalized spacial score (nSPS) is 14.4. The molecule has 1 saturated heterocycles. The van der Waals surface area contributed by atoms with Gasteiger partial charge in [-0.05, 0) is 31.0 Å². The molecule has 0 aliphatic carbocycles. The minimum Gasteiger partial charge on any atom is -0.369 e. The number of anilines is 1. The van der Waals surface area contributed by atoms with Gasteiger partial charge in [-0.3, -0.25) is 19.7 Å². The van der Waals surface area contributed by atoms with Gasteiger partial charge in [0.2, 0.25) is 5.91 Å². The first-order valence-corrected chi connectivity index (χ1v) is 9.45. The second-order valence-electron chi connectivity index (χ2n) is 6.75. The number of hydrogen-bond acceptors (Lipinski definition) is 6. The highest BCUT2D eigenvalue weighted by atomic mass is 35.5. The summed E-state index contributed by atoms with van der Waals surface area (Å²) in [5.41, 5.74) is 5.74. The predicted molar refractivity (Wildman–Crippen MR) is 108 cm³/mol. The van der Waals surface area contributed by atoms with Crippen LogP contribution in [0.25, 0.3) is 0 Å².